The van der Waals surface area contributed by atoms with Crippen LogP contribution in [0.3, 0.4) is 0 Å². The zero-order chi connectivity index (χ0) is 30.7. The van der Waals surface area contributed by atoms with Gasteiger partial charge in [-0.05, 0) is 72.5 Å². The summed E-state index contributed by atoms with van der Waals surface area (Å²) in [7, 11) is 0. The van der Waals surface area contributed by atoms with Crippen molar-refractivity contribution in [3.05, 3.63) is 106 Å². The molecule has 228 valence electrons. The summed E-state index contributed by atoms with van der Waals surface area (Å²) in [4.78, 5) is 28.9. The molecule has 3 N–H and O–H groups in total. The minimum atomic E-state index is -0.871. The molecule has 3 fully saturated rings. The van der Waals surface area contributed by atoms with E-state index in [1.807, 2.05) is 0 Å². The molecular weight excluding hydrogens is 570 g/mol. The van der Waals surface area contributed by atoms with E-state index in [0.717, 1.165) is 5.56 Å². The van der Waals surface area contributed by atoms with Crippen molar-refractivity contribution in [3.63, 3.8) is 0 Å². The Balaban J connectivity index is 0.000000235. The van der Waals surface area contributed by atoms with E-state index in [1.165, 1.54) is 36.4 Å². The Morgan fingerprint density at radius 1 is 0.953 bits per heavy atom. The van der Waals surface area contributed by atoms with Crippen LogP contribution in [0.2, 0.25) is 0 Å². The molecule has 43 heavy (non-hydrogen) atoms. The molecular formula is C30H30F2N2O9. The number of phenolic OH excluding ortho intramolecular Hbond substituents is 1. The average molecular weight is 601 g/mol. The number of hydrogen-bond acceptors (Lipinski definition) is 9. The van der Waals surface area contributed by atoms with Crippen molar-refractivity contribution < 1.29 is 48.3 Å². The third-order valence-corrected chi connectivity index (χ3v) is 7.76. The van der Waals surface area contributed by atoms with Gasteiger partial charge in [0.15, 0.2) is 6.10 Å². The smallest absolute Gasteiger partial charge is 0.294 e. The van der Waals surface area contributed by atoms with Crippen molar-refractivity contribution in [2.75, 3.05) is 18.1 Å². The van der Waals surface area contributed by atoms with E-state index in [0.29, 0.717) is 24.1 Å². The van der Waals surface area contributed by atoms with Gasteiger partial charge < -0.3 is 34.5 Å². The Kier molecular flexibility index (Phi) is 9.16. The maximum absolute atomic E-state index is 13.3. The van der Waals surface area contributed by atoms with Crippen molar-refractivity contribution >= 4 is 11.6 Å². The van der Waals surface area contributed by atoms with Crippen LogP contribution in [0.1, 0.15) is 36.1 Å². The van der Waals surface area contributed by atoms with Gasteiger partial charge in [-0.15, -0.1) is 10.1 Å². The first-order chi connectivity index (χ1) is 20.6. The van der Waals surface area contributed by atoms with Gasteiger partial charge in [-0.2, -0.15) is 0 Å². The lowest BCUT2D eigenvalue weighted by Gasteiger charge is -2.48. The number of aliphatic hydroxyl groups excluding tert-OH is 2. The fourth-order valence-electron chi connectivity index (χ4n) is 5.61. The monoisotopic (exact) mass is 600 g/mol. The second-order valence-corrected chi connectivity index (χ2v) is 10.5. The summed E-state index contributed by atoms with van der Waals surface area (Å²) in [5, 5.41) is 38.5. The number of carbonyl (C=O) groups is 1. The highest BCUT2D eigenvalue weighted by Gasteiger charge is 2.49. The van der Waals surface area contributed by atoms with Crippen LogP contribution in [-0.2, 0) is 19.1 Å². The first kappa shape index (κ1) is 30.3. The van der Waals surface area contributed by atoms with Crippen molar-refractivity contribution in [2.45, 2.75) is 49.4 Å². The molecule has 3 saturated heterocycles. The molecule has 11 nitrogen and oxygen atoms in total. The van der Waals surface area contributed by atoms with Gasteiger partial charge >= 0.3 is 0 Å². The Labute approximate surface area is 244 Å². The summed E-state index contributed by atoms with van der Waals surface area (Å²) in [5.41, 5.74) is 2.03. The number of anilines is 1. The molecule has 3 aliphatic rings. The van der Waals surface area contributed by atoms with Crippen LogP contribution in [0.4, 0.5) is 14.5 Å². The maximum atomic E-state index is 13.3. The van der Waals surface area contributed by atoms with E-state index in [1.54, 1.807) is 41.3 Å². The van der Waals surface area contributed by atoms with Crippen LogP contribution in [0.15, 0.2) is 72.8 Å². The molecule has 7 atom stereocenters. The zero-order valence-corrected chi connectivity index (χ0v) is 22.7. The van der Waals surface area contributed by atoms with Crippen LogP contribution in [0.5, 0.6) is 5.75 Å². The lowest BCUT2D eigenvalue weighted by atomic mass is 9.78. The van der Waals surface area contributed by atoms with Gasteiger partial charge in [0.05, 0.1) is 31.3 Å². The molecule has 3 aromatic carbocycles. The quantitative estimate of drug-likeness (QED) is 0.200. The summed E-state index contributed by atoms with van der Waals surface area (Å²) >= 11 is 0. The summed E-state index contributed by atoms with van der Waals surface area (Å²) in [6.45, 7) is 0.236. The predicted molar refractivity (Wildman–Crippen MR) is 146 cm³/mol. The number of phenols is 1. The van der Waals surface area contributed by atoms with Gasteiger partial charge in [0.2, 0.25) is 5.91 Å². The molecule has 0 bridgehead atoms. The number of benzene rings is 3. The number of hydrogen-bond donors (Lipinski definition) is 3. The SMILES string of the molecule is O=C1[C@H](CC[C@H](O)c2ccc(F)cc2)[C@@H](c2ccc(O)cc2)N1c1ccc(F)cc1.O=[N+]([O-])O[C@@H]1CO[C@H]2[C@@H]1OC[C@@H]2O. The predicted octanol–water partition coefficient (Wildman–Crippen LogP) is 3.61. The fraction of sp³-hybridized carbons (Fsp3) is 0.367. The number of rotatable bonds is 8. The zero-order valence-electron chi connectivity index (χ0n) is 22.7. The molecule has 0 unspecified atom stereocenters. The molecule has 0 saturated carbocycles. The van der Waals surface area contributed by atoms with Crippen LogP contribution in [0, 0.1) is 27.7 Å². The number of fused-ring (bicyclic) bond motifs is 1. The van der Waals surface area contributed by atoms with Gasteiger partial charge in [-0.3, -0.25) is 4.79 Å². The molecule has 13 heteroatoms. The van der Waals surface area contributed by atoms with E-state index in [2.05, 4.69) is 4.84 Å². The first-order valence-electron chi connectivity index (χ1n) is 13.7. The molecule has 0 aliphatic carbocycles. The van der Waals surface area contributed by atoms with E-state index in [4.69, 9.17) is 9.47 Å². The van der Waals surface area contributed by atoms with Crippen LogP contribution in [-0.4, -0.2) is 63.9 Å². The number of β-lactam (4-membered cyclic amide) rings is 1. The molecule has 3 aliphatic heterocycles. The summed E-state index contributed by atoms with van der Waals surface area (Å²) in [6.07, 6.45) is -2.44. The number of aliphatic hydroxyl groups is 2. The third-order valence-electron chi connectivity index (χ3n) is 7.76. The van der Waals surface area contributed by atoms with Gasteiger partial charge in [-0.1, -0.05) is 24.3 Å². The molecule has 0 radical (unpaired) electrons. The van der Waals surface area contributed by atoms with E-state index in [-0.39, 0.29) is 48.5 Å². The third kappa shape index (κ3) is 6.75. The Hall–Kier alpha value is -4.17. The van der Waals surface area contributed by atoms with Crippen molar-refractivity contribution in [2.24, 2.45) is 5.92 Å². The largest absolute Gasteiger partial charge is 0.508 e. The van der Waals surface area contributed by atoms with Crippen LogP contribution < -0.4 is 4.90 Å². The lowest BCUT2D eigenvalue weighted by Crippen LogP contribution is -2.55. The van der Waals surface area contributed by atoms with Crippen LogP contribution in [0.25, 0.3) is 0 Å². The second kappa shape index (κ2) is 13.0. The number of amides is 1. The number of ether oxygens (including phenoxy) is 2. The van der Waals surface area contributed by atoms with Gasteiger partial charge in [0.25, 0.3) is 5.09 Å². The minimum Gasteiger partial charge on any atom is -0.508 e. The van der Waals surface area contributed by atoms with Crippen molar-refractivity contribution in [3.8, 4) is 5.75 Å². The fourth-order valence-corrected chi connectivity index (χ4v) is 5.61. The number of nitrogens with zero attached hydrogens (tertiary/aromatic N) is 2. The van der Waals surface area contributed by atoms with Gasteiger partial charge in [0.1, 0.15) is 35.7 Å². The van der Waals surface area contributed by atoms with E-state index >= 15 is 0 Å². The molecule has 6 rings (SSSR count). The van der Waals surface area contributed by atoms with E-state index < -0.39 is 35.6 Å². The standard InChI is InChI=1S/C24H21F2NO3.C6H9NO6/c25-17-5-1-15(2-6-17)22(29)14-13-21-23(16-3-11-20(28)12-4-16)27(24(21)30)19-9-7-18(26)8-10-19;8-3-1-11-6-4(13-7(9)10)2-12-5(3)6/h1-12,21-23,28-29H,13-14H2;3-6,8H,1-2H2/t21-,22+,23-;3-,4+,5+,6+/m10/s1. The van der Waals surface area contributed by atoms with Gasteiger partial charge in [0, 0.05) is 5.69 Å². The topological polar surface area (TPSA) is 152 Å². The second-order valence-electron chi connectivity index (χ2n) is 10.5. The normalized spacial score (nSPS) is 26.6. The molecule has 1 amide bonds. The summed E-state index contributed by atoms with van der Waals surface area (Å²) in [5.74, 6) is -1.10. The summed E-state index contributed by atoms with van der Waals surface area (Å²) in [6, 6.07) is 17.7. The number of aromatic hydroxyl groups is 1. The minimum absolute atomic E-state index is 0.0906. The van der Waals surface area contributed by atoms with Crippen molar-refractivity contribution in [1.29, 1.82) is 0 Å². The molecule has 0 spiro atoms. The average Bonchev–Trinajstić information content (AvgIpc) is 3.56. The Morgan fingerprint density at radius 2 is 1.56 bits per heavy atom. The highest BCUT2D eigenvalue weighted by atomic mass is 19.1. The van der Waals surface area contributed by atoms with Crippen LogP contribution >= 0.6 is 0 Å². The first-order valence-corrected chi connectivity index (χ1v) is 13.7. The number of halogens is 2. The summed E-state index contributed by atoms with van der Waals surface area (Å²) < 4.78 is 36.6. The lowest BCUT2D eigenvalue weighted by molar-refractivity contribution is -0.769. The Morgan fingerprint density at radius 3 is 2.19 bits per heavy atom. The highest BCUT2D eigenvalue weighted by molar-refractivity contribution is 6.03. The van der Waals surface area contributed by atoms with Gasteiger partial charge in [-0.25, -0.2) is 8.78 Å². The molecule has 3 aromatic rings. The van der Waals surface area contributed by atoms with E-state index in [9.17, 15) is 39.0 Å². The molecule has 3 heterocycles. The number of carbonyl (C=O) groups excluding carboxylic acids is 1. The Bertz CT molecular complexity index is 1410. The maximum Gasteiger partial charge on any atom is 0.294 e. The molecule has 0 aromatic heterocycles. The van der Waals surface area contributed by atoms with Crippen molar-refractivity contribution in [1.82, 2.24) is 0 Å². The highest BCUT2D eigenvalue weighted by Crippen LogP contribution is 2.46.